The van der Waals surface area contributed by atoms with Crippen LogP contribution in [0.4, 0.5) is 15.8 Å². The van der Waals surface area contributed by atoms with E-state index in [1.165, 1.54) is 72.7 Å². The molecule has 4 aromatic rings. The van der Waals surface area contributed by atoms with E-state index in [1.807, 2.05) is 4.90 Å². The number of aliphatic hydroxyl groups is 2. The highest BCUT2D eigenvalue weighted by Gasteiger charge is 2.50. The van der Waals surface area contributed by atoms with E-state index in [4.69, 9.17) is 28.8 Å². The Morgan fingerprint density at radius 3 is 2.27 bits per heavy atom. The van der Waals surface area contributed by atoms with Gasteiger partial charge in [-0.05, 0) is 70.9 Å². The minimum Gasteiger partial charge on any atom is -0.507 e. The third kappa shape index (κ3) is 11.8. The van der Waals surface area contributed by atoms with Crippen molar-refractivity contribution in [3.8, 4) is 28.7 Å². The Morgan fingerprint density at radius 1 is 0.930 bits per heavy atom. The molecular weight excluding hydrogens is 1120 g/mol. The Labute approximate surface area is 497 Å². The number of fused-ring (bicyclic) bond motifs is 15. The summed E-state index contributed by atoms with van der Waals surface area (Å²) in [6.07, 6.45) is 9.46. The zero-order valence-electron chi connectivity index (χ0n) is 50.3. The lowest BCUT2D eigenvalue weighted by Crippen LogP contribution is -2.46. The number of carboxylic acids is 1. The molecule has 11 atom stereocenters. The van der Waals surface area contributed by atoms with Crippen LogP contribution in [-0.4, -0.2) is 153 Å². The van der Waals surface area contributed by atoms with Crippen LogP contribution < -0.4 is 30.4 Å². The zero-order chi connectivity index (χ0) is 62.5. The van der Waals surface area contributed by atoms with Gasteiger partial charge in [-0.25, -0.2) is 9.18 Å². The maximum atomic E-state index is 16.2. The van der Waals surface area contributed by atoms with Crippen LogP contribution in [0.1, 0.15) is 125 Å². The van der Waals surface area contributed by atoms with Gasteiger partial charge in [-0.1, -0.05) is 45.9 Å². The second kappa shape index (κ2) is 24.9. The number of esters is 1. The van der Waals surface area contributed by atoms with Crippen molar-refractivity contribution < 1.29 is 77.9 Å². The van der Waals surface area contributed by atoms with Gasteiger partial charge >= 0.3 is 17.7 Å². The number of ether oxygens (including phenoxy) is 5. The van der Waals surface area contributed by atoms with Crippen molar-refractivity contribution in [2.75, 3.05) is 50.6 Å². The molecule has 22 nitrogen and oxygen atoms in total. The van der Waals surface area contributed by atoms with Crippen LogP contribution in [0, 0.1) is 42.3 Å². The van der Waals surface area contributed by atoms with Crippen molar-refractivity contribution in [1.82, 2.24) is 14.9 Å². The number of carbonyl (C=O) groups excluding carboxylic acids is 3. The molecule has 86 heavy (non-hydrogen) atoms. The summed E-state index contributed by atoms with van der Waals surface area (Å²) in [5, 5.41) is 81.8. The molecule has 1 aliphatic carbocycles. The maximum Gasteiger partial charge on any atom is 0.341 e. The van der Waals surface area contributed by atoms with Gasteiger partial charge in [0.1, 0.15) is 34.6 Å². The number of aromatic hydroxyl groups is 3. The smallest absolute Gasteiger partial charge is 0.341 e. The summed E-state index contributed by atoms with van der Waals surface area (Å²) in [5.74, 6) is -10.7. The number of carboxylic acid groups (broad SMARTS) is 1. The van der Waals surface area contributed by atoms with Gasteiger partial charge < -0.3 is 74.4 Å². The van der Waals surface area contributed by atoms with Crippen LogP contribution in [0.5, 0.6) is 28.7 Å². The molecule has 23 heteroatoms. The molecule has 464 valence electrons. The third-order valence-corrected chi connectivity index (χ3v) is 18.2. The molecule has 0 radical (unpaired) electrons. The molecule has 3 aromatic carbocycles. The molecule has 1 amide bonds. The standard InChI is InChI=1S/C63H79FN6O16/c1-29-13-12-14-30(2)61(79)67-48-41(26-65-69-22-18-38(19-23-69)66-35(7)37-17-21-68(27-37)50-43(64)25-40-49(59(50)83-11)70(39-15-16-39)28-42(54(40)75)62(80)81)55(76)45-46(56(48)77)53(74)34(6)58-47(45)60(78)63(9,86-58)84-24-20-44(82-10)31(3)57(85-36(8)71)33(5)52(73)32(4)51(29)72/h12-14,20,24-26,28-29,31-33,35,37-39,44,51-52,57,66,72-74,76-77H,15-19,21-23,27H2,1-11H3,(H,67,79)(H,80,81)/t29-,31+,32+,33+,35?,37?,44-,51-,52+,57+,63-/m0/s1. The molecule has 2 unspecified atom stereocenters. The second-order valence-corrected chi connectivity index (χ2v) is 24.0. The summed E-state index contributed by atoms with van der Waals surface area (Å²) in [5.41, 5.74) is -1.22. The number of hydrogen-bond donors (Lipinski definition) is 8. The van der Waals surface area contributed by atoms with Gasteiger partial charge in [-0.3, -0.25) is 24.2 Å². The Kier molecular flexibility index (Phi) is 18.2. The number of carbonyl (C=O) groups is 4. The monoisotopic (exact) mass is 1190 g/mol. The fourth-order valence-electron chi connectivity index (χ4n) is 12.8. The predicted octanol–water partition coefficient (Wildman–Crippen LogP) is 7.55. The van der Waals surface area contributed by atoms with E-state index in [0.29, 0.717) is 44.5 Å². The summed E-state index contributed by atoms with van der Waals surface area (Å²) < 4.78 is 47.7. The number of aliphatic hydroxyl groups excluding tert-OH is 2. The minimum atomic E-state index is -2.12. The molecule has 3 fully saturated rings. The lowest BCUT2D eigenvalue weighted by molar-refractivity contribution is -0.160. The molecule has 6 aliphatic rings. The molecular formula is C63H79FN6O16. The summed E-state index contributed by atoms with van der Waals surface area (Å²) >= 11 is 0. The van der Waals surface area contributed by atoms with Crippen LogP contribution in [0.15, 0.2) is 58.3 Å². The van der Waals surface area contributed by atoms with Crippen LogP contribution in [0.3, 0.4) is 0 Å². The number of piperidine rings is 1. The number of aromatic carboxylic acids is 1. The van der Waals surface area contributed by atoms with Crippen molar-refractivity contribution in [3.05, 3.63) is 86.7 Å². The molecule has 10 rings (SSSR count). The van der Waals surface area contributed by atoms with E-state index < -0.39 is 112 Å². The van der Waals surface area contributed by atoms with E-state index in [-0.39, 0.29) is 85.3 Å². The number of methoxy groups -OCH3 is 2. The lowest BCUT2D eigenvalue weighted by atomic mass is 9.78. The second-order valence-electron chi connectivity index (χ2n) is 24.0. The van der Waals surface area contributed by atoms with Crippen LogP contribution in [0.25, 0.3) is 21.7 Å². The fourth-order valence-corrected chi connectivity index (χ4v) is 12.8. The number of hydrogen-bond acceptors (Lipinski definition) is 19. The number of anilines is 2. The Balaban J connectivity index is 0.986. The number of nitrogens with one attached hydrogen (secondary N) is 2. The highest BCUT2D eigenvalue weighted by atomic mass is 19.1. The number of Topliss-reactive ketones (excluding diaryl/α,β-unsaturated/α-hetero) is 1. The zero-order valence-corrected chi connectivity index (χ0v) is 50.3. The molecule has 5 bridgehead atoms. The number of allylic oxidation sites excluding steroid dienone is 2. The largest absolute Gasteiger partial charge is 0.507 e. The number of hydrazone groups is 1. The highest BCUT2D eigenvalue weighted by molar-refractivity contribution is 6.24. The number of ketones is 1. The number of phenolic OH excluding ortho intramolecular Hbond substituents is 3. The average Bonchev–Trinajstić information content (AvgIpc) is 1.44. The molecule has 1 aromatic heterocycles. The normalized spacial score (nSPS) is 27.4. The van der Waals surface area contributed by atoms with Gasteiger partial charge in [-0.15, -0.1) is 0 Å². The topological polar surface area (TPSA) is 301 Å². The molecule has 6 heterocycles. The van der Waals surface area contributed by atoms with E-state index in [0.717, 1.165) is 25.3 Å². The first kappa shape index (κ1) is 62.8. The number of halogens is 1. The molecule has 1 saturated carbocycles. The average molecular weight is 1200 g/mol. The molecule has 2 saturated heterocycles. The summed E-state index contributed by atoms with van der Waals surface area (Å²) in [4.78, 5) is 68.6. The Bertz CT molecular complexity index is 3530. The molecule has 5 aliphatic heterocycles. The summed E-state index contributed by atoms with van der Waals surface area (Å²) in [7, 11) is 2.84. The van der Waals surface area contributed by atoms with Gasteiger partial charge in [0.15, 0.2) is 17.3 Å². The first-order valence-corrected chi connectivity index (χ1v) is 29.3. The predicted molar refractivity (Wildman–Crippen MR) is 319 cm³/mol. The van der Waals surface area contributed by atoms with E-state index in [1.54, 1.807) is 49.4 Å². The minimum absolute atomic E-state index is 0.0124. The van der Waals surface area contributed by atoms with Crippen LogP contribution in [-0.2, 0) is 23.8 Å². The number of phenols is 3. The van der Waals surface area contributed by atoms with Crippen LogP contribution in [0.2, 0.25) is 0 Å². The number of nitrogens with zero attached hydrogens (tertiary/aromatic N) is 4. The van der Waals surface area contributed by atoms with Gasteiger partial charge in [0.2, 0.25) is 5.43 Å². The highest BCUT2D eigenvalue weighted by Crippen LogP contribution is 2.55. The number of pyridine rings is 1. The Morgan fingerprint density at radius 2 is 1.63 bits per heavy atom. The third-order valence-electron chi connectivity index (χ3n) is 18.2. The van der Waals surface area contributed by atoms with Crippen molar-refractivity contribution in [1.29, 1.82) is 0 Å². The maximum absolute atomic E-state index is 16.2. The first-order valence-electron chi connectivity index (χ1n) is 29.3. The van der Waals surface area contributed by atoms with Crippen molar-refractivity contribution in [2.24, 2.45) is 34.7 Å². The SMILES string of the molecule is COc1c(N2CCC(C(C)NC3CCN(N=Cc4c5c(O)c6c(O)c(C)c7c(c6c4O)C(=O)[C@@](C)(OC=C[C@H](OC)[C@@H](C)[C@@H](OC(C)=O)[C@H](C)[C@H](O)[C@H](C)[C@@H](O)[C@@H](C)C=CC=C(C)C(=O)N5)O7)CC3)C2)c(F)cc2c(=O)c(C(=O)O)cn(C3CC3)c12. The first-order chi connectivity index (χ1) is 40.7. The molecule has 0 spiro atoms. The number of amides is 1. The fraction of sp³-hybridized carbons (Fsp3) is 0.524. The van der Waals surface area contributed by atoms with E-state index >= 15 is 4.39 Å². The quantitative estimate of drug-likeness (QED) is 0.0311. The van der Waals surface area contributed by atoms with Crippen molar-refractivity contribution in [2.45, 2.75) is 143 Å². The van der Waals surface area contributed by atoms with Crippen LogP contribution >= 0.6 is 0 Å². The number of aromatic nitrogens is 1. The summed E-state index contributed by atoms with van der Waals surface area (Å²) in [6, 6.07) is 1.11. The summed E-state index contributed by atoms with van der Waals surface area (Å²) in [6.45, 7) is 16.3. The molecule has 8 N–H and O–H groups in total. The van der Waals surface area contributed by atoms with Gasteiger partial charge in [0.25, 0.3) is 11.7 Å². The van der Waals surface area contributed by atoms with E-state index in [9.17, 15) is 54.6 Å². The van der Waals surface area contributed by atoms with Crippen molar-refractivity contribution >= 4 is 62.9 Å². The lowest BCUT2D eigenvalue weighted by Gasteiger charge is -2.38. The van der Waals surface area contributed by atoms with Gasteiger partial charge in [0, 0.05) is 112 Å². The van der Waals surface area contributed by atoms with E-state index in [2.05, 4.69) is 17.6 Å². The Hall–Kier alpha value is -7.73. The van der Waals surface area contributed by atoms with Gasteiger partial charge in [0.05, 0.1) is 71.0 Å². The number of rotatable bonds is 11. The van der Waals surface area contributed by atoms with Gasteiger partial charge in [-0.2, -0.15) is 5.10 Å². The number of benzene rings is 3. The van der Waals surface area contributed by atoms with Crippen molar-refractivity contribution in [3.63, 3.8) is 0 Å².